The van der Waals surface area contributed by atoms with E-state index in [0.717, 1.165) is 12.8 Å². The number of halogens is 1. The zero-order chi connectivity index (χ0) is 15.6. The molecule has 4 heteroatoms. The minimum absolute atomic E-state index is 0. The summed E-state index contributed by atoms with van der Waals surface area (Å²) in [6.45, 7) is 11.7. The number of hydrogen-bond acceptors (Lipinski definition) is 1. The highest BCUT2D eigenvalue weighted by molar-refractivity contribution is 5.51. The molecule has 122 valence electrons. The quantitative estimate of drug-likeness (QED) is 0.730. The smallest absolute Gasteiger partial charge is 0.249 e. The van der Waals surface area contributed by atoms with Gasteiger partial charge in [-0.1, -0.05) is 31.5 Å². The minimum Gasteiger partial charge on any atom is -1.00 e. The maximum atomic E-state index is 9.22. The molecule has 0 atom stereocenters. The lowest BCUT2D eigenvalue weighted by Gasteiger charge is -2.12. The summed E-state index contributed by atoms with van der Waals surface area (Å²) in [7, 11) is 0. The maximum absolute atomic E-state index is 9.22. The van der Waals surface area contributed by atoms with Crippen LogP contribution in [0.1, 0.15) is 41.9 Å². The van der Waals surface area contributed by atoms with Crippen LogP contribution in [0.2, 0.25) is 0 Å². The second-order valence-electron chi connectivity index (χ2n) is 5.71. The highest BCUT2D eigenvalue weighted by atomic mass is 79.9. The number of aliphatic hydroxyl groups excluding tert-OH is 1. The van der Waals surface area contributed by atoms with Gasteiger partial charge in [-0.25, -0.2) is 4.57 Å². The van der Waals surface area contributed by atoms with Gasteiger partial charge in [0.15, 0.2) is 0 Å². The molecule has 0 aliphatic rings. The van der Waals surface area contributed by atoms with Crippen molar-refractivity contribution in [2.75, 3.05) is 6.61 Å². The summed E-state index contributed by atoms with van der Waals surface area (Å²) >= 11 is 0. The predicted molar refractivity (Wildman–Crippen MR) is 86.0 cm³/mol. The van der Waals surface area contributed by atoms with E-state index in [1.165, 1.54) is 33.8 Å². The lowest BCUT2D eigenvalue weighted by atomic mass is 9.99. The number of rotatable bonds is 5. The fourth-order valence-electron chi connectivity index (χ4n) is 3.04. The van der Waals surface area contributed by atoms with Gasteiger partial charge in [-0.2, -0.15) is 4.57 Å². The van der Waals surface area contributed by atoms with E-state index in [2.05, 4.69) is 62.2 Å². The summed E-state index contributed by atoms with van der Waals surface area (Å²) in [4.78, 5) is 0. The van der Waals surface area contributed by atoms with Crippen molar-refractivity contribution in [3.63, 3.8) is 0 Å². The van der Waals surface area contributed by atoms with Gasteiger partial charge in [0.2, 0.25) is 6.33 Å². The van der Waals surface area contributed by atoms with Gasteiger partial charge in [-0.15, -0.1) is 0 Å². The molecule has 0 amide bonds. The van der Waals surface area contributed by atoms with Crippen molar-refractivity contribution in [1.82, 2.24) is 4.57 Å². The molecule has 22 heavy (non-hydrogen) atoms. The van der Waals surface area contributed by atoms with Crippen LogP contribution >= 0.6 is 0 Å². The van der Waals surface area contributed by atoms with Crippen LogP contribution in [0.5, 0.6) is 0 Å². The summed E-state index contributed by atoms with van der Waals surface area (Å²) in [5.41, 5.74) is 7.90. The van der Waals surface area contributed by atoms with Gasteiger partial charge in [-0.05, 0) is 30.9 Å². The van der Waals surface area contributed by atoms with E-state index in [-0.39, 0.29) is 23.6 Å². The number of hydrogen-bond donors (Lipinski definition) is 1. The molecule has 0 aliphatic carbocycles. The van der Waals surface area contributed by atoms with Gasteiger partial charge in [0, 0.05) is 13.8 Å². The van der Waals surface area contributed by atoms with E-state index in [4.69, 9.17) is 0 Å². The van der Waals surface area contributed by atoms with Crippen LogP contribution in [0.15, 0.2) is 18.5 Å². The minimum atomic E-state index is 0. The molecule has 0 saturated carbocycles. The average molecular weight is 367 g/mol. The lowest BCUT2D eigenvalue weighted by molar-refractivity contribution is -0.703. The topological polar surface area (TPSA) is 29.0 Å². The summed E-state index contributed by atoms with van der Waals surface area (Å²) in [5.74, 6) is 0. The molecule has 0 bridgehead atoms. The Morgan fingerprint density at radius 3 is 2.05 bits per heavy atom. The van der Waals surface area contributed by atoms with E-state index < -0.39 is 0 Å². The fraction of sp³-hybridized carbons (Fsp3) is 0.500. The first kappa shape index (κ1) is 18.9. The zero-order valence-electron chi connectivity index (χ0n) is 14.3. The number of aryl methyl sites for hydroxylation is 3. The molecule has 0 radical (unpaired) electrons. The SMILES string of the molecule is CCc1cc(C)cc(CC)c1-n1c[n+](CCO)c(C)c1C.[Br-]. The third kappa shape index (κ3) is 3.44. The van der Waals surface area contributed by atoms with Crippen molar-refractivity contribution in [1.29, 1.82) is 0 Å². The second kappa shape index (κ2) is 7.93. The Kier molecular flexibility index (Phi) is 6.82. The van der Waals surface area contributed by atoms with Crippen LogP contribution in [-0.4, -0.2) is 16.3 Å². The normalized spacial score (nSPS) is 10.6. The molecule has 0 saturated heterocycles. The monoisotopic (exact) mass is 366 g/mol. The molecule has 2 rings (SSSR count). The Labute approximate surface area is 144 Å². The van der Waals surface area contributed by atoms with Crippen LogP contribution < -0.4 is 21.5 Å². The van der Waals surface area contributed by atoms with Gasteiger partial charge < -0.3 is 22.1 Å². The standard InChI is InChI=1S/C18H27N2O.BrH/c1-6-16-10-13(3)11-17(7-2)18(16)20-12-19(8-9-21)14(4)15(20)5;/h10-12,21H,6-9H2,1-5H3;1H/q+1;/p-1. The van der Waals surface area contributed by atoms with Gasteiger partial charge in [-0.3, -0.25) is 0 Å². The molecule has 0 fully saturated rings. The first-order valence-corrected chi connectivity index (χ1v) is 7.85. The Morgan fingerprint density at radius 2 is 1.59 bits per heavy atom. The first-order chi connectivity index (χ1) is 10.0. The van der Waals surface area contributed by atoms with Crippen molar-refractivity contribution >= 4 is 0 Å². The molecule has 0 aliphatic heterocycles. The van der Waals surface area contributed by atoms with Crippen molar-refractivity contribution in [3.8, 4) is 5.69 Å². The molecule has 3 nitrogen and oxygen atoms in total. The predicted octanol–water partition coefficient (Wildman–Crippen LogP) is -0.189. The third-order valence-corrected chi connectivity index (χ3v) is 4.33. The second-order valence-corrected chi connectivity index (χ2v) is 5.71. The van der Waals surface area contributed by atoms with Crippen LogP contribution in [0.3, 0.4) is 0 Å². The van der Waals surface area contributed by atoms with E-state index in [9.17, 15) is 5.11 Å². The van der Waals surface area contributed by atoms with Gasteiger partial charge >= 0.3 is 0 Å². The van der Waals surface area contributed by atoms with Crippen LogP contribution in [0.4, 0.5) is 0 Å². The molecule has 0 unspecified atom stereocenters. The Balaban J connectivity index is 0.00000242. The van der Waals surface area contributed by atoms with Crippen molar-refractivity contribution in [2.24, 2.45) is 0 Å². The number of aliphatic hydroxyl groups is 1. The van der Waals surface area contributed by atoms with E-state index in [1.807, 2.05) is 0 Å². The molecular weight excluding hydrogens is 340 g/mol. The number of imidazole rings is 1. The van der Waals surface area contributed by atoms with Crippen molar-refractivity contribution < 1.29 is 26.7 Å². The molecule has 1 heterocycles. The molecule has 2 aromatic rings. The summed E-state index contributed by atoms with van der Waals surface area (Å²) in [5, 5.41) is 9.22. The highest BCUT2D eigenvalue weighted by Gasteiger charge is 2.22. The fourth-order valence-corrected chi connectivity index (χ4v) is 3.04. The first-order valence-electron chi connectivity index (χ1n) is 7.85. The summed E-state index contributed by atoms with van der Waals surface area (Å²) < 4.78 is 4.43. The van der Waals surface area contributed by atoms with E-state index >= 15 is 0 Å². The van der Waals surface area contributed by atoms with Gasteiger partial charge in [0.25, 0.3) is 0 Å². The van der Waals surface area contributed by atoms with E-state index in [0.29, 0.717) is 6.54 Å². The summed E-state index contributed by atoms with van der Waals surface area (Å²) in [6, 6.07) is 4.58. The van der Waals surface area contributed by atoms with Gasteiger partial charge in [0.05, 0.1) is 6.61 Å². The summed E-state index contributed by atoms with van der Waals surface area (Å²) in [6.07, 6.45) is 4.19. The number of nitrogens with zero attached hydrogens (tertiary/aromatic N) is 2. The Bertz CT molecular complexity index is 622. The number of aromatic nitrogens is 2. The maximum Gasteiger partial charge on any atom is 0.249 e. The highest BCUT2D eigenvalue weighted by Crippen LogP contribution is 2.25. The molecule has 1 N–H and O–H groups in total. The van der Waals surface area contributed by atoms with Crippen LogP contribution in [0.25, 0.3) is 5.69 Å². The molecule has 0 spiro atoms. The molecular formula is C18H27BrN2O. The zero-order valence-corrected chi connectivity index (χ0v) is 15.9. The van der Waals surface area contributed by atoms with Gasteiger partial charge in [0.1, 0.15) is 23.6 Å². The van der Waals surface area contributed by atoms with Crippen LogP contribution in [-0.2, 0) is 19.4 Å². The number of benzene rings is 1. The molecule has 1 aromatic carbocycles. The average Bonchev–Trinajstić information content (AvgIpc) is 2.75. The van der Waals surface area contributed by atoms with Crippen molar-refractivity contribution in [2.45, 2.75) is 54.0 Å². The Hall–Kier alpha value is -1.13. The lowest BCUT2D eigenvalue weighted by Crippen LogP contribution is -3.00. The third-order valence-electron chi connectivity index (χ3n) is 4.33. The van der Waals surface area contributed by atoms with E-state index in [1.54, 1.807) is 0 Å². The Morgan fingerprint density at radius 1 is 1.05 bits per heavy atom. The largest absolute Gasteiger partial charge is 1.00 e. The molecule has 1 aromatic heterocycles. The van der Waals surface area contributed by atoms with Crippen molar-refractivity contribution in [3.05, 3.63) is 46.5 Å². The van der Waals surface area contributed by atoms with Crippen LogP contribution in [0, 0.1) is 20.8 Å².